The molecule has 0 unspecified atom stereocenters. The van der Waals surface area contributed by atoms with E-state index in [2.05, 4.69) is 20.1 Å². The lowest BCUT2D eigenvalue weighted by Gasteiger charge is -2.10. The molecular weight excluding hydrogens is 380 g/mol. The van der Waals surface area contributed by atoms with E-state index in [1.807, 2.05) is 38.1 Å². The van der Waals surface area contributed by atoms with Crippen molar-refractivity contribution in [2.75, 3.05) is 6.79 Å². The van der Waals surface area contributed by atoms with Crippen LogP contribution in [0, 0.1) is 13.8 Å². The third-order valence-electron chi connectivity index (χ3n) is 4.46. The number of fused-ring (bicyclic) bond motifs is 1. The fraction of sp³-hybridized carbons (Fsp3) is 0.150. The van der Waals surface area contributed by atoms with E-state index in [4.69, 9.17) is 21.1 Å². The fourth-order valence-electron chi connectivity index (χ4n) is 3.12. The lowest BCUT2D eigenvalue weighted by Crippen LogP contribution is -2.18. The van der Waals surface area contributed by atoms with Gasteiger partial charge in [0.2, 0.25) is 6.79 Å². The molecule has 0 bridgehead atoms. The molecule has 0 saturated heterocycles. The minimum atomic E-state index is -0.418. The van der Waals surface area contributed by atoms with Crippen LogP contribution < -0.4 is 14.9 Å². The van der Waals surface area contributed by atoms with Crippen LogP contribution in [-0.4, -0.2) is 28.5 Å². The largest absolute Gasteiger partial charge is 0.454 e. The highest BCUT2D eigenvalue weighted by molar-refractivity contribution is 6.32. The summed E-state index contributed by atoms with van der Waals surface area (Å²) in [5.41, 5.74) is 6.60. The third-order valence-corrected chi connectivity index (χ3v) is 4.76. The second-order valence-electron chi connectivity index (χ2n) is 6.24. The average molecular weight is 397 g/mol. The smallest absolute Gasteiger partial charge is 0.274 e. The summed E-state index contributed by atoms with van der Waals surface area (Å²) in [6.07, 6.45) is 3.13. The number of aromatic nitrogens is 2. The van der Waals surface area contributed by atoms with Crippen LogP contribution in [0.25, 0.3) is 5.69 Å². The average Bonchev–Trinajstić information content (AvgIpc) is 3.25. The van der Waals surface area contributed by atoms with E-state index >= 15 is 0 Å². The van der Waals surface area contributed by atoms with Gasteiger partial charge in [0.05, 0.1) is 11.8 Å². The lowest BCUT2D eigenvalue weighted by atomic mass is 10.2. The van der Waals surface area contributed by atoms with Crippen LogP contribution >= 0.6 is 11.6 Å². The maximum absolute atomic E-state index is 12.2. The second kappa shape index (κ2) is 7.36. The van der Waals surface area contributed by atoms with Crippen LogP contribution in [0.15, 0.2) is 47.7 Å². The Hall–Kier alpha value is -3.32. The van der Waals surface area contributed by atoms with Crippen LogP contribution in [0.1, 0.15) is 27.3 Å². The van der Waals surface area contributed by atoms with Crippen molar-refractivity contribution in [1.82, 2.24) is 15.0 Å². The number of pyridine rings is 1. The van der Waals surface area contributed by atoms with E-state index in [0.29, 0.717) is 0 Å². The predicted molar refractivity (Wildman–Crippen MR) is 106 cm³/mol. The van der Waals surface area contributed by atoms with Crippen molar-refractivity contribution < 1.29 is 14.3 Å². The van der Waals surface area contributed by atoms with Crippen molar-refractivity contribution in [2.45, 2.75) is 13.8 Å². The number of halogens is 1. The van der Waals surface area contributed by atoms with Gasteiger partial charge < -0.3 is 14.0 Å². The first-order valence-corrected chi connectivity index (χ1v) is 8.95. The van der Waals surface area contributed by atoms with Crippen molar-refractivity contribution >= 4 is 23.7 Å². The van der Waals surface area contributed by atoms with Crippen molar-refractivity contribution in [3.63, 3.8) is 0 Å². The van der Waals surface area contributed by atoms with E-state index in [-0.39, 0.29) is 17.5 Å². The number of amides is 1. The Morgan fingerprint density at radius 1 is 1.25 bits per heavy atom. The molecule has 1 aliphatic heterocycles. The van der Waals surface area contributed by atoms with E-state index in [9.17, 15) is 4.79 Å². The first kappa shape index (κ1) is 18.1. The number of nitrogens with one attached hydrogen (secondary N) is 1. The zero-order valence-corrected chi connectivity index (χ0v) is 16.0. The van der Waals surface area contributed by atoms with E-state index in [1.165, 1.54) is 6.20 Å². The third kappa shape index (κ3) is 3.32. The molecule has 1 aliphatic rings. The van der Waals surface area contributed by atoms with E-state index < -0.39 is 5.91 Å². The van der Waals surface area contributed by atoms with Crippen molar-refractivity contribution in [3.05, 3.63) is 70.3 Å². The molecule has 0 aliphatic carbocycles. The molecule has 3 heterocycles. The van der Waals surface area contributed by atoms with Crippen molar-refractivity contribution in [3.8, 4) is 17.2 Å². The van der Waals surface area contributed by atoms with Gasteiger partial charge in [-0.25, -0.2) is 10.4 Å². The molecule has 0 spiro atoms. The molecule has 1 amide bonds. The van der Waals surface area contributed by atoms with Crippen LogP contribution in [0.5, 0.6) is 11.5 Å². The zero-order valence-electron chi connectivity index (χ0n) is 15.3. The zero-order chi connectivity index (χ0) is 19.7. The summed E-state index contributed by atoms with van der Waals surface area (Å²) in [6.45, 7) is 4.22. The van der Waals surface area contributed by atoms with E-state index in [0.717, 1.165) is 34.1 Å². The van der Waals surface area contributed by atoms with E-state index in [1.54, 1.807) is 18.3 Å². The standard InChI is InChI=1S/C20H17ClN4O3/c1-12-8-14(10-23-24-20(26)16-4-3-7-22-19(16)21)13(2)25(12)15-5-6-17-18(9-15)28-11-27-17/h3-10H,11H2,1-2H3,(H,24,26). The summed E-state index contributed by atoms with van der Waals surface area (Å²) in [6, 6.07) is 11.0. The molecule has 4 rings (SSSR count). The molecule has 8 heteroatoms. The highest BCUT2D eigenvalue weighted by Crippen LogP contribution is 2.34. The molecule has 0 saturated carbocycles. The summed E-state index contributed by atoms with van der Waals surface area (Å²) < 4.78 is 12.9. The molecule has 7 nitrogen and oxygen atoms in total. The summed E-state index contributed by atoms with van der Waals surface area (Å²) >= 11 is 5.93. The number of carbonyl (C=O) groups is 1. The van der Waals surface area contributed by atoms with Gasteiger partial charge in [0, 0.05) is 34.9 Å². The Kier molecular flexibility index (Phi) is 4.75. The fourth-order valence-corrected chi connectivity index (χ4v) is 3.32. The minimum Gasteiger partial charge on any atom is -0.454 e. The molecule has 1 aromatic carbocycles. The Morgan fingerprint density at radius 2 is 2.07 bits per heavy atom. The number of carbonyl (C=O) groups excluding carboxylic acids is 1. The molecule has 28 heavy (non-hydrogen) atoms. The molecular formula is C20H17ClN4O3. The summed E-state index contributed by atoms with van der Waals surface area (Å²) in [5.74, 6) is 1.05. The number of nitrogens with zero attached hydrogens (tertiary/aromatic N) is 3. The maximum Gasteiger partial charge on any atom is 0.274 e. The highest BCUT2D eigenvalue weighted by Gasteiger charge is 2.16. The minimum absolute atomic E-state index is 0.135. The second-order valence-corrected chi connectivity index (χ2v) is 6.60. The number of aryl methyl sites for hydroxylation is 1. The first-order chi connectivity index (χ1) is 13.5. The number of hydrazone groups is 1. The Balaban J connectivity index is 1.55. The SMILES string of the molecule is Cc1cc(C=NNC(=O)c2cccnc2Cl)c(C)n1-c1ccc2c(c1)OCO2. The van der Waals surface area contributed by atoms with Crippen LogP contribution in [-0.2, 0) is 0 Å². The molecule has 1 N–H and O–H groups in total. The van der Waals surface area contributed by atoms with Gasteiger partial charge in [-0.3, -0.25) is 4.79 Å². The highest BCUT2D eigenvalue weighted by atomic mass is 35.5. The number of ether oxygens (including phenoxy) is 2. The van der Waals surface area contributed by atoms with Gasteiger partial charge in [-0.05, 0) is 44.2 Å². The van der Waals surface area contributed by atoms with Gasteiger partial charge in [0.15, 0.2) is 11.5 Å². The quantitative estimate of drug-likeness (QED) is 0.415. The van der Waals surface area contributed by atoms with Gasteiger partial charge >= 0.3 is 0 Å². The Bertz CT molecular complexity index is 1090. The maximum atomic E-state index is 12.2. The molecule has 0 fully saturated rings. The molecule has 2 aromatic heterocycles. The summed E-state index contributed by atoms with van der Waals surface area (Å²) in [5, 5.41) is 4.19. The number of hydrogen-bond acceptors (Lipinski definition) is 5. The Labute approximate surface area is 166 Å². The van der Waals surface area contributed by atoms with Gasteiger partial charge in [-0.2, -0.15) is 5.10 Å². The summed E-state index contributed by atoms with van der Waals surface area (Å²) in [4.78, 5) is 16.0. The Morgan fingerprint density at radius 3 is 2.89 bits per heavy atom. The normalized spacial score (nSPS) is 12.5. The van der Waals surface area contributed by atoms with Crippen LogP contribution in [0.2, 0.25) is 5.15 Å². The molecule has 0 atom stereocenters. The summed E-state index contributed by atoms with van der Waals surface area (Å²) in [7, 11) is 0. The first-order valence-electron chi connectivity index (χ1n) is 8.57. The number of benzene rings is 1. The number of hydrogen-bond donors (Lipinski definition) is 1. The van der Waals surface area contributed by atoms with Gasteiger partial charge in [-0.15, -0.1) is 0 Å². The monoisotopic (exact) mass is 396 g/mol. The van der Waals surface area contributed by atoms with Crippen LogP contribution in [0.3, 0.4) is 0 Å². The topological polar surface area (TPSA) is 77.7 Å². The molecule has 3 aromatic rings. The predicted octanol–water partition coefficient (Wildman–Crippen LogP) is 3.64. The molecule has 0 radical (unpaired) electrons. The van der Waals surface area contributed by atoms with Gasteiger partial charge in [0.1, 0.15) is 5.15 Å². The van der Waals surface area contributed by atoms with Crippen molar-refractivity contribution in [2.24, 2.45) is 5.10 Å². The van der Waals surface area contributed by atoms with Gasteiger partial charge in [0.25, 0.3) is 5.91 Å². The van der Waals surface area contributed by atoms with Crippen LogP contribution in [0.4, 0.5) is 0 Å². The molecule has 142 valence electrons. The lowest BCUT2D eigenvalue weighted by molar-refractivity contribution is 0.0955. The van der Waals surface area contributed by atoms with Crippen molar-refractivity contribution in [1.29, 1.82) is 0 Å². The number of rotatable bonds is 4. The van der Waals surface area contributed by atoms with Gasteiger partial charge in [-0.1, -0.05) is 11.6 Å².